The molecule has 118 valence electrons. The van der Waals surface area contributed by atoms with Gasteiger partial charge in [0.25, 0.3) is 0 Å². The van der Waals surface area contributed by atoms with Crippen LogP contribution in [0.1, 0.15) is 31.0 Å². The third-order valence-corrected chi connectivity index (χ3v) is 4.75. The molecule has 0 amide bonds. The third kappa shape index (κ3) is 3.40. The van der Waals surface area contributed by atoms with Crippen LogP contribution in [0.2, 0.25) is 0 Å². The summed E-state index contributed by atoms with van der Waals surface area (Å²) >= 11 is 0. The summed E-state index contributed by atoms with van der Waals surface area (Å²) in [5.74, 6) is 2.32. The van der Waals surface area contributed by atoms with Crippen molar-refractivity contribution >= 4 is 5.82 Å². The van der Waals surface area contributed by atoms with E-state index in [4.69, 9.17) is 0 Å². The van der Waals surface area contributed by atoms with Gasteiger partial charge in [-0.25, -0.2) is 0 Å². The van der Waals surface area contributed by atoms with Gasteiger partial charge < -0.3 is 10.2 Å². The smallest absolute Gasteiger partial charge is 0.131 e. The van der Waals surface area contributed by atoms with Gasteiger partial charge in [-0.3, -0.25) is 9.58 Å². The molecule has 1 N–H and O–H groups in total. The molecule has 0 spiro atoms. The fraction of sp³-hybridized carbons (Fsp3) is 0.812. The van der Waals surface area contributed by atoms with E-state index < -0.39 is 0 Å². The number of nitrogens with one attached hydrogen (secondary N) is 1. The van der Waals surface area contributed by atoms with Crippen LogP contribution in [0, 0.1) is 12.8 Å². The molecule has 0 unspecified atom stereocenters. The minimum Gasteiger partial charge on any atom is -0.354 e. The van der Waals surface area contributed by atoms with Gasteiger partial charge in [0.2, 0.25) is 0 Å². The molecule has 1 aliphatic heterocycles. The molecule has 1 saturated heterocycles. The molecule has 1 aromatic heterocycles. The molecule has 5 heteroatoms. The van der Waals surface area contributed by atoms with E-state index in [9.17, 15) is 0 Å². The SMILES string of the molecule is CCNCc1c(C)nn(C)c1N1CCN(CC2CC2)CC1. The topological polar surface area (TPSA) is 36.3 Å². The first-order valence-electron chi connectivity index (χ1n) is 8.39. The monoisotopic (exact) mass is 291 g/mol. The molecule has 0 radical (unpaired) electrons. The van der Waals surface area contributed by atoms with Gasteiger partial charge in [-0.15, -0.1) is 0 Å². The minimum absolute atomic E-state index is 0.924. The maximum absolute atomic E-state index is 4.64. The van der Waals surface area contributed by atoms with Crippen LogP contribution in [0.25, 0.3) is 0 Å². The number of hydrogen-bond donors (Lipinski definition) is 1. The van der Waals surface area contributed by atoms with E-state index in [0.29, 0.717) is 0 Å². The fourth-order valence-corrected chi connectivity index (χ4v) is 3.35. The Morgan fingerprint density at radius 3 is 2.52 bits per heavy atom. The maximum Gasteiger partial charge on any atom is 0.131 e. The number of rotatable bonds is 6. The van der Waals surface area contributed by atoms with E-state index in [-0.39, 0.29) is 0 Å². The lowest BCUT2D eigenvalue weighted by molar-refractivity contribution is 0.247. The largest absolute Gasteiger partial charge is 0.354 e. The lowest BCUT2D eigenvalue weighted by Gasteiger charge is -2.36. The lowest BCUT2D eigenvalue weighted by atomic mass is 10.2. The quantitative estimate of drug-likeness (QED) is 0.859. The third-order valence-electron chi connectivity index (χ3n) is 4.75. The second kappa shape index (κ2) is 6.36. The van der Waals surface area contributed by atoms with Crippen LogP contribution in [-0.4, -0.2) is 53.9 Å². The molecule has 1 aliphatic carbocycles. The normalized spacial score (nSPS) is 20.2. The van der Waals surface area contributed by atoms with Crippen LogP contribution in [0.3, 0.4) is 0 Å². The average Bonchev–Trinajstić information content (AvgIpc) is 3.23. The van der Waals surface area contributed by atoms with Crippen molar-refractivity contribution in [3.63, 3.8) is 0 Å². The standard InChI is InChI=1S/C16H29N5/c1-4-17-11-15-13(2)18-19(3)16(15)21-9-7-20(8-10-21)12-14-5-6-14/h14,17H,4-12H2,1-3H3. The Bertz CT molecular complexity index is 469. The first-order chi connectivity index (χ1) is 10.2. The summed E-state index contributed by atoms with van der Waals surface area (Å²) in [5.41, 5.74) is 2.53. The molecule has 0 bridgehead atoms. The zero-order valence-corrected chi connectivity index (χ0v) is 13.7. The van der Waals surface area contributed by atoms with Crippen LogP contribution in [0.5, 0.6) is 0 Å². The van der Waals surface area contributed by atoms with Gasteiger partial charge >= 0.3 is 0 Å². The average molecular weight is 291 g/mol. The van der Waals surface area contributed by atoms with E-state index in [0.717, 1.165) is 37.8 Å². The van der Waals surface area contributed by atoms with E-state index in [1.807, 2.05) is 0 Å². The first kappa shape index (κ1) is 14.9. The van der Waals surface area contributed by atoms with Crippen LogP contribution in [0.15, 0.2) is 0 Å². The Kier molecular flexibility index (Phi) is 4.50. The Balaban J connectivity index is 1.66. The maximum atomic E-state index is 4.64. The molecule has 5 nitrogen and oxygen atoms in total. The number of nitrogens with zero attached hydrogens (tertiary/aromatic N) is 4. The highest BCUT2D eigenvalue weighted by Gasteiger charge is 2.28. The summed E-state index contributed by atoms with van der Waals surface area (Å²) in [5, 5.41) is 8.09. The van der Waals surface area contributed by atoms with Crippen LogP contribution >= 0.6 is 0 Å². The molecule has 21 heavy (non-hydrogen) atoms. The Hall–Kier alpha value is -1.07. The number of aryl methyl sites for hydroxylation is 2. The molecular weight excluding hydrogens is 262 g/mol. The van der Waals surface area contributed by atoms with Gasteiger partial charge in [-0.2, -0.15) is 5.10 Å². The van der Waals surface area contributed by atoms with Gasteiger partial charge in [0.15, 0.2) is 0 Å². The number of anilines is 1. The highest BCUT2D eigenvalue weighted by molar-refractivity contribution is 5.50. The van der Waals surface area contributed by atoms with Crippen molar-refractivity contribution in [3.8, 4) is 0 Å². The second-order valence-electron chi connectivity index (χ2n) is 6.52. The van der Waals surface area contributed by atoms with E-state index in [2.05, 4.69) is 45.8 Å². The summed E-state index contributed by atoms with van der Waals surface area (Å²) in [6, 6.07) is 0. The van der Waals surface area contributed by atoms with Crippen molar-refractivity contribution in [2.45, 2.75) is 33.2 Å². The second-order valence-corrected chi connectivity index (χ2v) is 6.52. The molecule has 2 aliphatic rings. The van der Waals surface area contributed by atoms with Crippen molar-refractivity contribution in [3.05, 3.63) is 11.3 Å². The lowest BCUT2D eigenvalue weighted by Crippen LogP contribution is -2.47. The summed E-state index contributed by atoms with van der Waals surface area (Å²) in [6.07, 6.45) is 2.90. The first-order valence-corrected chi connectivity index (χ1v) is 8.39. The van der Waals surface area contributed by atoms with E-state index in [1.165, 1.54) is 43.9 Å². The predicted octanol–water partition coefficient (Wildman–Crippen LogP) is 1.37. The van der Waals surface area contributed by atoms with Crippen molar-refractivity contribution < 1.29 is 0 Å². The summed E-state index contributed by atoms with van der Waals surface area (Å²) in [4.78, 5) is 5.16. The Morgan fingerprint density at radius 2 is 1.90 bits per heavy atom. The Morgan fingerprint density at radius 1 is 1.19 bits per heavy atom. The molecule has 2 heterocycles. The molecule has 1 saturated carbocycles. The van der Waals surface area contributed by atoms with Gasteiger partial charge in [0.1, 0.15) is 5.82 Å². The van der Waals surface area contributed by atoms with Crippen LogP contribution in [0.4, 0.5) is 5.82 Å². The van der Waals surface area contributed by atoms with Gasteiger partial charge in [0, 0.05) is 51.9 Å². The van der Waals surface area contributed by atoms with Crippen molar-refractivity contribution in [2.24, 2.45) is 13.0 Å². The fourth-order valence-electron chi connectivity index (χ4n) is 3.35. The summed E-state index contributed by atoms with van der Waals surface area (Å²) < 4.78 is 2.07. The number of hydrogen-bond acceptors (Lipinski definition) is 4. The molecule has 0 aromatic carbocycles. The van der Waals surface area contributed by atoms with E-state index in [1.54, 1.807) is 0 Å². The summed E-state index contributed by atoms with van der Waals surface area (Å²) in [6.45, 7) is 12.2. The molecule has 3 rings (SSSR count). The van der Waals surface area contributed by atoms with Crippen molar-refractivity contribution in [1.29, 1.82) is 0 Å². The van der Waals surface area contributed by atoms with Crippen LogP contribution in [-0.2, 0) is 13.6 Å². The minimum atomic E-state index is 0.924. The van der Waals surface area contributed by atoms with Crippen molar-refractivity contribution in [2.75, 3.05) is 44.2 Å². The predicted molar refractivity (Wildman–Crippen MR) is 86.7 cm³/mol. The molecule has 0 atom stereocenters. The Labute approximate surface area is 128 Å². The number of aromatic nitrogens is 2. The van der Waals surface area contributed by atoms with Crippen LogP contribution < -0.4 is 10.2 Å². The van der Waals surface area contributed by atoms with Gasteiger partial charge in [0.05, 0.1) is 5.69 Å². The zero-order chi connectivity index (χ0) is 14.8. The molecule has 2 fully saturated rings. The zero-order valence-electron chi connectivity index (χ0n) is 13.7. The van der Waals surface area contributed by atoms with Gasteiger partial charge in [-0.05, 0) is 32.2 Å². The number of piperazine rings is 1. The molecule has 1 aromatic rings. The van der Waals surface area contributed by atoms with Crippen molar-refractivity contribution in [1.82, 2.24) is 20.0 Å². The van der Waals surface area contributed by atoms with E-state index >= 15 is 0 Å². The highest BCUT2D eigenvalue weighted by atomic mass is 15.4. The highest BCUT2D eigenvalue weighted by Crippen LogP contribution is 2.30. The van der Waals surface area contributed by atoms with Gasteiger partial charge in [-0.1, -0.05) is 6.92 Å². The summed E-state index contributed by atoms with van der Waals surface area (Å²) in [7, 11) is 2.08. The molecular formula is C16H29N5.